The van der Waals surface area contributed by atoms with Crippen LogP contribution >= 0.6 is 24.0 Å². The molecule has 0 aliphatic heterocycles. The largest absolute Gasteiger partial charge is 0.444 e. The number of halogens is 2. The normalized spacial score (nSPS) is 11.3. The van der Waals surface area contributed by atoms with Crippen molar-refractivity contribution in [3.8, 4) is 11.5 Å². The number of nitrogens with zero attached hydrogens (tertiary/aromatic N) is 4. The Bertz CT molecular complexity index is 980. The van der Waals surface area contributed by atoms with Gasteiger partial charge in [0.2, 0.25) is 5.89 Å². The molecule has 0 bridgehead atoms. The molecule has 2 N–H and O–H groups in total. The van der Waals surface area contributed by atoms with Gasteiger partial charge in [0.25, 0.3) is 0 Å². The van der Waals surface area contributed by atoms with Crippen molar-refractivity contribution in [3.63, 3.8) is 0 Å². The second kappa shape index (κ2) is 11.1. The molecule has 3 aromatic rings. The van der Waals surface area contributed by atoms with Gasteiger partial charge in [0.05, 0.1) is 17.9 Å². The van der Waals surface area contributed by atoms with Gasteiger partial charge in [0.1, 0.15) is 12.1 Å². The number of hydrogen-bond donors (Lipinski definition) is 2. The summed E-state index contributed by atoms with van der Waals surface area (Å²) in [6, 6.07) is 6.10. The third-order valence-electron chi connectivity index (χ3n) is 4.71. The van der Waals surface area contributed by atoms with E-state index in [9.17, 15) is 4.39 Å². The smallest absolute Gasteiger partial charge is 0.226 e. The molecule has 0 radical (unpaired) electrons. The number of oxazole rings is 1. The number of aryl methyl sites for hydroxylation is 2. The first-order valence-corrected chi connectivity index (χ1v) is 9.69. The molecule has 9 heteroatoms. The van der Waals surface area contributed by atoms with Crippen molar-refractivity contribution in [2.75, 3.05) is 13.1 Å². The van der Waals surface area contributed by atoms with Crippen LogP contribution in [0.25, 0.3) is 11.5 Å². The van der Waals surface area contributed by atoms with Crippen LogP contribution in [0.3, 0.4) is 0 Å². The standard InChI is InChI=1S/C21H27FN6O.HI/c1-5-23-21(25-12-19-14(2)27-28(4)15(19)3)24-11-10-18-13-29-20(26-18)16-6-8-17(22)9-7-16;/h6-9,13H,5,10-12H2,1-4H3,(H2,23,24,25);1H. The van der Waals surface area contributed by atoms with Crippen LogP contribution in [0, 0.1) is 19.7 Å². The molecule has 0 unspecified atom stereocenters. The average molecular weight is 526 g/mol. The van der Waals surface area contributed by atoms with E-state index in [1.807, 2.05) is 25.6 Å². The van der Waals surface area contributed by atoms with E-state index in [2.05, 4.69) is 32.6 Å². The molecule has 2 heterocycles. The molecule has 1 aromatic carbocycles. The number of benzene rings is 1. The number of aromatic nitrogens is 3. The van der Waals surface area contributed by atoms with Crippen molar-refractivity contribution < 1.29 is 8.81 Å². The lowest BCUT2D eigenvalue weighted by Crippen LogP contribution is -2.38. The van der Waals surface area contributed by atoms with Crippen molar-refractivity contribution in [1.82, 2.24) is 25.4 Å². The minimum atomic E-state index is -0.281. The molecule has 162 valence electrons. The molecular weight excluding hydrogens is 498 g/mol. The van der Waals surface area contributed by atoms with Crippen LogP contribution < -0.4 is 10.6 Å². The third kappa shape index (κ3) is 6.04. The zero-order valence-corrected chi connectivity index (χ0v) is 20.0. The summed E-state index contributed by atoms with van der Waals surface area (Å²) in [6.07, 6.45) is 2.31. The summed E-state index contributed by atoms with van der Waals surface area (Å²) in [6.45, 7) is 8.08. The van der Waals surface area contributed by atoms with E-state index < -0.39 is 0 Å². The van der Waals surface area contributed by atoms with Gasteiger partial charge in [-0.05, 0) is 45.0 Å². The van der Waals surface area contributed by atoms with Crippen molar-refractivity contribution in [2.45, 2.75) is 33.7 Å². The number of rotatable bonds is 7. The van der Waals surface area contributed by atoms with Crippen molar-refractivity contribution in [2.24, 2.45) is 12.0 Å². The number of guanidine groups is 1. The first-order chi connectivity index (χ1) is 14.0. The lowest BCUT2D eigenvalue weighted by atomic mass is 10.2. The fourth-order valence-corrected chi connectivity index (χ4v) is 3.00. The van der Waals surface area contributed by atoms with Gasteiger partial charge in [0.15, 0.2) is 5.96 Å². The SMILES string of the molecule is CCNC(=NCc1c(C)nn(C)c1C)NCCc1coc(-c2ccc(F)cc2)n1.I. The quantitative estimate of drug-likeness (QED) is 0.279. The predicted octanol–water partition coefficient (Wildman–Crippen LogP) is 3.75. The highest BCUT2D eigenvalue weighted by molar-refractivity contribution is 14.0. The minimum absolute atomic E-state index is 0. The van der Waals surface area contributed by atoms with Crippen LogP contribution in [0.15, 0.2) is 39.9 Å². The molecule has 0 fully saturated rings. The first-order valence-electron chi connectivity index (χ1n) is 9.69. The number of aliphatic imine (C=N–C) groups is 1. The third-order valence-corrected chi connectivity index (χ3v) is 4.71. The summed E-state index contributed by atoms with van der Waals surface area (Å²) in [5.41, 5.74) is 4.85. The van der Waals surface area contributed by atoms with E-state index in [4.69, 9.17) is 4.42 Å². The maximum atomic E-state index is 13.0. The molecule has 0 saturated carbocycles. The molecule has 0 spiro atoms. The monoisotopic (exact) mass is 526 g/mol. The van der Waals surface area contributed by atoms with Crippen molar-refractivity contribution in [1.29, 1.82) is 0 Å². The van der Waals surface area contributed by atoms with Crippen LogP contribution in [-0.4, -0.2) is 33.8 Å². The minimum Gasteiger partial charge on any atom is -0.444 e. The van der Waals surface area contributed by atoms with Crippen molar-refractivity contribution >= 4 is 29.9 Å². The predicted molar refractivity (Wildman–Crippen MR) is 127 cm³/mol. The van der Waals surface area contributed by atoms with Gasteiger partial charge < -0.3 is 15.1 Å². The second-order valence-corrected chi connectivity index (χ2v) is 6.80. The Balaban J connectivity index is 0.00000320. The van der Waals surface area contributed by atoms with E-state index in [0.29, 0.717) is 25.4 Å². The molecule has 0 atom stereocenters. The van der Waals surface area contributed by atoms with Crippen molar-refractivity contribution in [3.05, 3.63) is 59.0 Å². The topological polar surface area (TPSA) is 80.3 Å². The van der Waals surface area contributed by atoms with Gasteiger partial charge in [-0.3, -0.25) is 4.68 Å². The summed E-state index contributed by atoms with van der Waals surface area (Å²) in [7, 11) is 1.94. The summed E-state index contributed by atoms with van der Waals surface area (Å²) in [5, 5.41) is 11.0. The molecular formula is C21H28FIN6O. The molecule has 0 aliphatic rings. The van der Waals surface area contributed by atoms with Gasteiger partial charge in [-0.1, -0.05) is 0 Å². The Labute approximate surface area is 193 Å². The van der Waals surface area contributed by atoms with E-state index in [-0.39, 0.29) is 29.8 Å². The fourth-order valence-electron chi connectivity index (χ4n) is 3.00. The second-order valence-electron chi connectivity index (χ2n) is 6.80. The van der Waals surface area contributed by atoms with E-state index in [0.717, 1.165) is 40.7 Å². The number of hydrogen-bond acceptors (Lipinski definition) is 4. The Kier molecular flexibility index (Phi) is 8.82. The summed E-state index contributed by atoms with van der Waals surface area (Å²) in [4.78, 5) is 9.14. The highest BCUT2D eigenvalue weighted by Gasteiger charge is 2.10. The summed E-state index contributed by atoms with van der Waals surface area (Å²) >= 11 is 0. The number of nitrogens with one attached hydrogen (secondary N) is 2. The van der Waals surface area contributed by atoms with Crippen LogP contribution in [0.4, 0.5) is 4.39 Å². The molecule has 7 nitrogen and oxygen atoms in total. The van der Waals surface area contributed by atoms with E-state index >= 15 is 0 Å². The first kappa shape index (κ1) is 23.8. The van der Waals surface area contributed by atoms with Crippen LogP contribution in [0.5, 0.6) is 0 Å². The summed E-state index contributed by atoms with van der Waals surface area (Å²) < 4.78 is 20.4. The molecule has 3 rings (SSSR count). The lowest BCUT2D eigenvalue weighted by molar-refractivity contribution is 0.571. The Morgan fingerprint density at radius 2 is 1.93 bits per heavy atom. The molecule has 0 amide bonds. The van der Waals surface area contributed by atoms with E-state index in [1.54, 1.807) is 18.4 Å². The highest BCUT2D eigenvalue weighted by atomic mass is 127. The van der Waals surface area contributed by atoms with Crippen LogP contribution in [-0.2, 0) is 20.0 Å². The van der Waals surface area contributed by atoms with Gasteiger partial charge in [-0.25, -0.2) is 14.4 Å². The van der Waals surface area contributed by atoms with Gasteiger partial charge in [0, 0.05) is 43.4 Å². The zero-order chi connectivity index (χ0) is 20.8. The van der Waals surface area contributed by atoms with E-state index in [1.165, 1.54) is 12.1 Å². The maximum absolute atomic E-state index is 13.0. The lowest BCUT2D eigenvalue weighted by Gasteiger charge is -2.10. The Hall–Kier alpha value is -2.43. The van der Waals surface area contributed by atoms with Crippen LogP contribution in [0.1, 0.15) is 29.6 Å². The van der Waals surface area contributed by atoms with Gasteiger partial charge in [-0.2, -0.15) is 5.10 Å². The summed E-state index contributed by atoms with van der Waals surface area (Å²) in [5.74, 6) is 0.956. The molecule has 30 heavy (non-hydrogen) atoms. The van der Waals surface area contributed by atoms with Crippen LogP contribution in [0.2, 0.25) is 0 Å². The highest BCUT2D eigenvalue weighted by Crippen LogP contribution is 2.19. The maximum Gasteiger partial charge on any atom is 0.226 e. The molecule has 0 aliphatic carbocycles. The Morgan fingerprint density at radius 1 is 1.20 bits per heavy atom. The average Bonchev–Trinajstić information content (AvgIpc) is 3.26. The van der Waals surface area contributed by atoms with Gasteiger partial charge >= 0.3 is 0 Å². The van der Waals surface area contributed by atoms with Gasteiger partial charge in [-0.15, -0.1) is 24.0 Å². The fraction of sp³-hybridized carbons (Fsp3) is 0.381. The molecule has 0 saturated heterocycles. The zero-order valence-electron chi connectivity index (χ0n) is 17.7. The Morgan fingerprint density at radius 3 is 2.57 bits per heavy atom. The molecule has 2 aromatic heterocycles.